The molecule has 2 unspecified atom stereocenters. The lowest BCUT2D eigenvalue weighted by atomic mass is 9.83. The van der Waals surface area contributed by atoms with Gasteiger partial charge in [0.15, 0.2) is 0 Å². The van der Waals surface area contributed by atoms with Crippen molar-refractivity contribution in [2.24, 2.45) is 11.7 Å². The molecular formula is C17H33N3O. The van der Waals surface area contributed by atoms with Gasteiger partial charge >= 0.3 is 0 Å². The van der Waals surface area contributed by atoms with Crippen LogP contribution in [0.3, 0.4) is 0 Å². The van der Waals surface area contributed by atoms with E-state index in [1.807, 2.05) is 11.9 Å². The summed E-state index contributed by atoms with van der Waals surface area (Å²) < 4.78 is 0. The normalized spacial score (nSPS) is 27.8. The first-order chi connectivity index (χ1) is 10.1. The number of carbonyl (C=O) groups is 1. The lowest BCUT2D eigenvalue weighted by Gasteiger charge is -2.39. The number of hydrogen-bond donors (Lipinski definition) is 1. The minimum atomic E-state index is 0.283. The Hall–Kier alpha value is -0.610. The highest BCUT2D eigenvalue weighted by Gasteiger charge is 2.30. The SMILES string of the molecule is CN(CC(=O)N(C)C1CCCCC1)C1CCCCC1CN. The number of hydrogen-bond acceptors (Lipinski definition) is 3. The third-order valence-corrected chi connectivity index (χ3v) is 5.64. The zero-order chi connectivity index (χ0) is 15.2. The van der Waals surface area contributed by atoms with Gasteiger partial charge in [-0.1, -0.05) is 32.1 Å². The summed E-state index contributed by atoms with van der Waals surface area (Å²) in [7, 11) is 4.10. The predicted molar refractivity (Wildman–Crippen MR) is 87.1 cm³/mol. The van der Waals surface area contributed by atoms with Crippen molar-refractivity contribution in [1.29, 1.82) is 0 Å². The Morgan fingerprint density at radius 2 is 1.62 bits per heavy atom. The molecule has 0 heterocycles. The summed E-state index contributed by atoms with van der Waals surface area (Å²) in [4.78, 5) is 16.8. The Morgan fingerprint density at radius 1 is 1.00 bits per heavy atom. The Morgan fingerprint density at radius 3 is 2.29 bits per heavy atom. The minimum Gasteiger partial charge on any atom is -0.342 e. The maximum Gasteiger partial charge on any atom is 0.236 e. The number of carbonyl (C=O) groups excluding carboxylic acids is 1. The Balaban J connectivity index is 1.85. The number of nitrogens with two attached hydrogens (primary N) is 1. The van der Waals surface area contributed by atoms with E-state index in [2.05, 4.69) is 11.9 Å². The third kappa shape index (κ3) is 4.43. The van der Waals surface area contributed by atoms with Crippen molar-refractivity contribution in [3.05, 3.63) is 0 Å². The van der Waals surface area contributed by atoms with E-state index >= 15 is 0 Å². The predicted octanol–water partition coefficient (Wildman–Crippen LogP) is 2.23. The van der Waals surface area contributed by atoms with E-state index in [-0.39, 0.29) is 5.91 Å². The van der Waals surface area contributed by atoms with Crippen LogP contribution in [0, 0.1) is 5.92 Å². The molecule has 2 aliphatic rings. The zero-order valence-corrected chi connectivity index (χ0v) is 13.9. The van der Waals surface area contributed by atoms with Crippen molar-refractivity contribution in [1.82, 2.24) is 9.80 Å². The van der Waals surface area contributed by atoms with Crippen LogP contribution >= 0.6 is 0 Å². The first kappa shape index (κ1) is 16.8. The van der Waals surface area contributed by atoms with Crippen molar-refractivity contribution in [3.63, 3.8) is 0 Å². The topological polar surface area (TPSA) is 49.6 Å². The third-order valence-electron chi connectivity index (χ3n) is 5.64. The van der Waals surface area contributed by atoms with E-state index in [0.717, 1.165) is 6.54 Å². The Kier molecular flexibility index (Phi) is 6.49. The van der Waals surface area contributed by atoms with E-state index < -0.39 is 0 Å². The van der Waals surface area contributed by atoms with Crippen molar-refractivity contribution in [3.8, 4) is 0 Å². The highest BCUT2D eigenvalue weighted by atomic mass is 16.2. The van der Waals surface area contributed by atoms with Gasteiger partial charge in [-0.25, -0.2) is 0 Å². The summed E-state index contributed by atoms with van der Waals surface area (Å²) in [6, 6.07) is 0.962. The molecule has 0 spiro atoms. The van der Waals surface area contributed by atoms with Gasteiger partial charge in [-0.15, -0.1) is 0 Å². The van der Waals surface area contributed by atoms with Gasteiger partial charge in [-0.05, 0) is 45.2 Å². The van der Waals surface area contributed by atoms with E-state index in [9.17, 15) is 4.79 Å². The van der Waals surface area contributed by atoms with Crippen LogP contribution in [0.4, 0.5) is 0 Å². The molecule has 2 saturated carbocycles. The minimum absolute atomic E-state index is 0.283. The molecule has 0 aliphatic heterocycles. The van der Waals surface area contributed by atoms with E-state index in [1.165, 1.54) is 57.8 Å². The van der Waals surface area contributed by atoms with Gasteiger partial charge in [0.25, 0.3) is 0 Å². The molecule has 21 heavy (non-hydrogen) atoms. The molecule has 0 aromatic heterocycles. The number of rotatable bonds is 5. The van der Waals surface area contributed by atoms with Crippen molar-refractivity contribution >= 4 is 5.91 Å². The maximum atomic E-state index is 12.5. The summed E-state index contributed by atoms with van der Waals surface area (Å²) >= 11 is 0. The molecule has 122 valence electrons. The number of nitrogens with zero attached hydrogens (tertiary/aromatic N) is 2. The second-order valence-electron chi connectivity index (χ2n) is 7.06. The molecule has 2 atom stereocenters. The van der Waals surface area contributed by atoms with Crippen LogP contribution in [0.2, 0.25) is 0 Å². The molecule has 1 amide bonds. The fraction of sp³-hybridized carbons (Fsp3) is 0.941. The van der Waals surface area contributed by atoms with Crippen LogP contribution in [0.15, 0.2) is 0 Å². The van der Waals surface area contributed by atoms with Gasteiger partial charge in [0.05, 0.1) is 6.54 Å². The van der Waals surface area contributed by atoms with Crippen LogP contribution in [0.1, 0.15) is 57.8 Å². The van der Waals surface area contributed by atoms with Gasteiger partial charge < -0.3 is 10.6 Å². The summed E-state index contributed by atoms with van der Waals surface area (Å²) in [6.45, 7) is 1.30. The molecule has 0 aromatic carbocycles. The fourth-order valence-electron chi connectivity index (χ4n) is 4.16. The first-order valence-electron chi connectivity index (χ1n) is 8.79. The van der Waals surface area contributed by atoms with Crippen LogP contribution in [0.5, 0.6) is 0 Å². The molecular weight excluding hydrogens is 262 g/mol. The summed E-state index contributed by atoms with van der Waals surface area (Å²) in [5.41, 5.74) is 5.92. The van der Waals surface area contributed by atoms with Gasteiger partial charge in [0, 0.05) is 19.1 Å². The molecule has 0 radical (unpaired) electrons. The standard InChI is InChI=1S/C17H33N3O/c1-19(16-11-7-6-8-14(16)12-18)13-17(21)20(2)15-9-4-3-5-10-15/h14-16H,3-13,18H2,1-2H3. The number of amides is 1. The maximum absolute atomic E-state index is 12.5. The van der Waals surface area contributed by atoms with Gasteiger partial charge in [0.1, 0.15) is 0 Å². The quantitative estimate of drug-likeness (QED) is 0.846. The van der Waals surface area contributed by atoms with Crippen molar-refractivity contribution < 1.29 is 4.79 Å². The first-order valence-corrected chi connectivity index (χ1v) is 8.79. The molecule has 4 heteroatoms. The lowest BCUT2D eigenvalue weighted by Crippen LogP contribution is -2.49. The van der Waals surface area contributed by atoms with E-state index in [1.54, 1.807) is 0 Å². The smallest absolute Gasteiger partial charge is 0.236 e. The van der Waals surface area contributed by atoms with Crippen LogP contribution in [-0.2, 0) is 4.79 Å². The van der Waals surface area contributed by atoms with E-state index in [4.69, 9.17) is 5.73 Å². The second kappa shape index (κ2) is 8.14. The highest BCUT2D eigenvalue weighted by Crippen LogP contribution is 2.27. The molecule has 2 fully saturated rings. The van der Waals surface area contributed by atoms with Gasteiger partial charge in [-0.3, -0.25) is 9.69 Å². The Labute approximate surface area is 130 Å². The molecule has 0 aromatic rings. The van der Waals surface area contributed by atoms with Gasteiger partial charge in [0.2, 0.25) is 5.91 Å². The van der Waals surface area contributed by atoms with Crippen LogP contribution < -0.4 is 5.73 Å². The van der Waals surface area contributed by atoms with Crippen molar-refractivity contribution in [2.75, 3.05) is 27.2 Å². The Bertz CT molecular complexity index is 328. The van der Waals surface area contributed by atoms with Crippen LogP contribution in [-0.4, -0.2) is 55.0 Å². The average Bonchev–Trinajstić information content (AvgIpc) is 2.54. The highest BCUT2D eigenvalue weighted by molar-refractivity contribution is 5.78. The average molecular weight is 295 g/mol. The summed E-state index contributed by atoms with van der Waals surface area (Å²) in [5, 5.41) is 0. The second-order valence-corrected chi connectivity index (χ2v) is 7.06. The molecule has 2 aliphatic carbocycles. The molecule has 0 saturated heterocycles. The van der Waals surface area contributed by atoms with Crippen molar-refractivity contribution in [2.45, 2.75) is 69.9 Å². The van der Waals surface area contributed by atoms with Crippen LogP contribution in [0.25, 0.3) is 0 Å². The largest absolute Gasteiger partial charge is 0.342 e. The summed E-state index contributed by atoms with van der Waals surface area (Å²) in [6.07, 6.45) is 11.2. The summed E-state index contributed by atoms with van der Waals surface area (Å²) in [5.74, 6) is 0.849. The number of likely N-dealkylation sites (N-methyl/N-ethyl adjacent to an activating group) is 2. The lowest BCUT2D eigenvalue weighted by molar-refractivity contribution is -0.134. The fourth-order valence-corrected chi connectivity index (χ4v) is 4.16. The molecule has 2 rings (SSSR count). The monoisotopic (exact) mass is 295 g/mol. The van der Waals surface area contributed by atoms with E-state index in [0.29, 0.717) is 24.5 Å². The zero-order valence-electron chi connectivity index (χ0n) is 13.9. The molecule has 2 N–H and O–H groups in total. The van der Waals surface area contributed by atoms with Gasteiger partial charge in [-0.2, -0.15) is 0 Å². The molecule has 0 bridgehead atoms. The molecule has 4 nitrogen and oxygen atoms in total.